The van der Waals surface area contributed by atoms with Crippen molar-refractivity contribution in [3.05, 3.63) is 60.0 Å². The topological polar surface area (TPSA) is 97.6 Å². The summed E-state index contributed by atoms with van der Waals surface area (Å²) < 4.78 is 11.2. The Bertz CT molecular complexity index is 1050. The Morgan fingerprint density at radius 1 is 1.21 bits per heavy atom. The lowest BCUT2D eigenvalue weighted by atomic mass is 9.77. The van der Waals surface area contributed by atoms with Crippen molar-refractivity contribution in [2.75, 3.05) is 19.7 Å². The third-order valence-corrected chi connectivity index (χ3v) is 5.52. The van der Waals surface area contributed by atoms with Gasteiger partial charge in [-0.2, -0.15) is 0 Å². The van der Waals surface area contributed by atoms with Crippen LogP contribution in [0.5, 0.6) is 0 Å². The number of carbonyl (C=O) groups excluding carboxylic acids is 2. The van der Waals surface area contributed by atoms with Gasteiger partial charge in [0, 0.05) is 19.3 Å². The van der Waals surface area contributed by atoms with E-state index in [0.29, 0.717) is 30.5 Å². The monoisotopic (exact) mass is 378 g/mol. The van der Waals surface area contributed by atoms with Gasteiger partial charge in [0.15, 0.2) is 0 Å². The third-order valence-electron chi connectivity index (χ3n) is 5.52. The summed E-state index contributed by atoms with van der Waals surface area (Å²) in [5.74, 6) is -0.222. The number of ether oxygens (including phenoxy) is 1. The van der Waals surface area contributed by atoms with Gasteiger partial charge in [0.1, 0.15) is 12.7 Å². The number of amides is 2. The van der Waals surface area contributed by atoms with Crippen molar-refractivity contribution in [1.29, 1.82) is 0 Å². The largest absolute Gasteiger partial charge is 0.364 e. The average molecular weight is 378 g/mol. The number of likely N-dealkylation sites (tertiary alicyclic amines) is 1. The van der Waals surface area contributed by atoms with Gasteiger partial charge in [-0.3, -0.25) is 9.59 Å². The fourth-order valence-electron chi connectivity index (χ4n) is 4.12. The molecule has 8 heteroatoms. The van der Waals surface area contributed by atoms with Gasteiger partial charge in [0.25, 0.3) is 5.91 Å². The van der Waals surface area contributed by atoms with Gasteiger partial charge < -0.3 is 19.5 Å². The molecule has 3 aromatic rings. The van der Waals surface area contributed by atoms with E-state index in [1.807, 2.05) is 30.3 Å². The zero-order valence-electron chi connectivity index (χ0n) is 15.0. The average Bonchev–Trinajstić information content (AvgIpc) is 3.17. The Balaban J connectivity index is 1.45. The first kappa shape index (κ1) is 16.9. The SMILES string of the molecule is O=C1CO[C@@H]2CN(C(=O)c3onc4ncccc34)CC[C@@]2(c2ccccc2)N1. The van der Waals surface area contributed by atoms with Gasteiger partial charge in [0.2, 0.25) is 17.3 Å². The molecular weight excluding hydrogens is 360 g/mol. The van der Waals surface area contributed by atoms with Crippen molar-refractivity contribution in [1.82, 2.24) is 20.4 Å². The van der Waals surface area contributed by atoms with Gasteiger partial charge in [-0.15, -0.1) is 0 Å². The lowest BCUT2D eigenvalue weighted by Gasteiger charge is -2.50. The highest BCUT2D eigenvalue weighted by molar-refractivity contribution is 6.02. The molecule has 4 heterocycles. The van der Waals surface area contributed by atoms with Crippen LogP contribution >= 0.6 is 0 Å². The minimum absolute atomic E-state index is 0.0174. The maximum Gasteiger partial charge on any atom is 0.293 e. The minimum atomic E-state index is -0.640. The molecule has 0 radical (unpaired) electrons. The first-order valence-corrected chi connectivity index (χ1v) is 9.15. The number of morpholine rings is 1. The van der Waals surface area contributed by atoms with Crippen LogP contribution in [-0.2, 0) is 15.1 Å². The van der Waals surface area contributed by atoms with Crippen molar-refractivity contribution in [2.45, 2.75) is 18.1 Å². The molecule has 8 nitrogen and oxygen atoms in total. The van der Waals surface area contributed by atoms with E-state index in [9.17, 15) is 9.59 Å². The highest BCUT2D eigenvalue weighted by atomic mass is 16.5. The van der Waals surface area contributed by atoms with Crippen LogP contribution < -0.4 is 5.32 Å². The van der Waals surface area contributed by atoms with Crippen LogP contribution in [0.1, 0.15) is 22.5 Å². The standard InChI is InChI=1S/C20H18N4O4/c25-16-12-27-15-11-24(10-8-20(15,22-16)13-5-2-1-3-6-13)19(26)17-14-7-4-9-21-18(14)23-28-17/h1-7,9,15H,8,10-12H2,(H,22,25)/t15-,20+/m1/s1. The second kappa shape index (κ2) is 6.42. The molecule has 0 bridgehead atoms. The Morgan fingerprint density at radius 2 is 2.07 bits per heavy atom. The molecule has 0 spiro atoms. The van der Waals surface area contributed by atoms with Crippen molar-refractivity contribution < 1.29 is 18.8 Å². The normalized spacial score (nSPS) is 24.6. The predicted molar refractivity (Wildman–Crippen MR) is 98.3 cm³/mol. The minimum Gasteiger partial charge on any atom is -0.364 e. The van der Waals surface area contributed by atoms with E-state index in [0.717, 1.165) is 5.56 Å². The fourth-order valence-corrected chi connectivity index (χ4v) is 4.12. The number of benzene rings is 1. The molecular formula is C20H18N4O4. The molecule has 1 aromatic carbocycles. The maximum atomic E-state index is 13.1. The zero-order valence-corrected chi connectivity index (χ0v) is 15.0. The zero-order chi connectivity index (χ0) is 19.1. The molecule has 0 unspecified atom stereocenters. The Kier molecular flexibility index (Phi) is 3.87. The Labute approximate surface area is 160 Å². The summed E-state index contributed by atoms with van der Waals surface area (Å²) in [6, 6.07) is 13.3. The van der Waals surface area contributed by atoms with Crippen molar-refractivity contribution in [2.24, 2.45) is 0 Å². The summed E-state index contributed by atoms with van der Waals surface area (Å²) in [5, 5.41) is 7.58. The molecule has 2 fully saturated rings. The molecule has 0 saturated carbocycles. The summed E-state index contributed by atoms with van der Waals surface area (Å²) in [6.07, 6.45) is 1.80. The summed E-state index contributed by atoms with van der Waals surface area (Å²) in [5.41, 5.74) is 0.746. The van der Waals surface area contributed by atoms with Gasteiger partial charge in [-0.25, -0.2) is 4.98 Å². The number of hydrogen-bond donors (Lipinski definition) is 1. The van der Waals surface area contributed by atoms with Gasteiger partial charge in [0.05, 0.1) is 10.9 Å². The highest BCUT2D eigenvalue weighted by Gasteiger charge is 2.50. The molecule has 2 aliphatic heterocycles. The molecule has 1 N–H and O–H groups in total. The van der Waals surface area contributed by atoms with Gasteiger partial charge in [-0.05, 0) is 24.1 Å². The number of fused-ring (bicyclic) bond motifs is 2. The van der Waals surface area contributed by atoms with Crippen molar-refractivity contribution in [3.63, 3.8) is 0 Å². The molecule has 2 aromatic heterocycles. The van der Waals surface area contributed by atoms with Crippen LogP contribution in [0.4, 0.5) is 0 Å². The quantitative estimate of drug-likeness (QED) is 0.725. The van der Waals surface area contributed by atoms with Crippen LogP contribution in [0.2, 0.25) is 0 Å². The molecule has 2 atom stereocenters. The smallest absolute Gasteiger partial charge is 0.293 e. The van der Waals surface area contributed by atoms with E-state index in [1.165, 1.54) is 0 Å². The number of piperidine rings is 1. The summed E-state index contributed by atoms with van der Waals surface area (Å²) in [6.45, 7) is 0.781. The number of carbonyl (C=O) groups is 2. The number of aromatic nitrogens is 2. The fraction of sp³-hybridized carbons (Fsp3) is 0.300. The van der Waals surface area contributed by atoms with E-state index >= 15 is 0 Å². The van der Waals surface area contributed by atoms with Crippen LogP contribution in [-0.4, -0.2) is 52.7 Å². The lowest BCUT2D eigenvalue weighted by Crippen LogP contribution is -2.67. The van der Waals surface area contributed by atoms with E-state index in [2.05, 4.69) is 15.5 Å². The summed E-state index contributed by atoms with van der Waals surface area (Å²) in [7, 11) is 0. The number of hydrogen-bond acceptors (Lipinski definition) is 6. The second-order valence-corrected chi connectivity index (χ2v) is 7.07. The second-order valence-electron chi connectivity index (χ2n) is 7.07. The molecule has 0 aliphatic carbocycles. The highest BCUT2D eigenvalue weighted by Crippen LogP contribution is 2.37. The number of pyridine rings is 1. The molecule has 5 rings (SSSR count). The molecule has 2 amide bonds. The van der Waals surface area contributed by atoms with Gasteiger partial charge >= 0.3 is 0 Å². The predicted octanol–water partition coefficient (Wildman–Crippen LogP) is 1.48. The molecule has 2 aliphatic rings. The molecule has 2 saturated heterocycles. The van der Waals surface area contributed by atoms with Crippen molar-refractivity contribution >= 4 is 22.8 Å². The van der Waals surface area contributed by atoms with E-state index in [1.54, 1.807) is 23.2 Å². The van der Waals surface area contributed by atoms with Crippen LogP contribution in [0.3, 0.4) is 0 Å². The summed E-state index contributed by atoms with van der Waals surface area (Å²) in [4.78, 5) is 31.0. The number of rotatable bonds is 2. The Hall–Kier alpha value is -3.26. The Morgan fingerprint density at radius 3 is 2.93 bits per heavy atom. The number of nitrogens with one attached hydrogen (secondary N) is 1. The first-order chi connectivity index (χ1) is 13.7. The van der Waals surface area contributed by atoms with Crippen LogP contribution in [0.25, 0.3) is 11.0 Å². The van der Waals surface area contributed by atoms with Crippen molar-refractivity contribution in [3.8, 4) is 0 Å². The summed E-state index contributed by atoms with van der Waals surface area (Å²) >= 11 is 0. The maximum absolute atomic E-state index is 13.1. The van der Waals surface area contributed by atoms with Crippen LogP contribution in [0, 0.1) is 0 Å². The van der Waals surface area contributed by atoms with E-state index < -0.39 is 5.54 Å². The number of nitrogens with zero attached hydrogens (tertiary/aromatic N) is 3. The van der Waals surface area contributed by atoms with E-state index in [4.69, 9.17) is 9.26 Å². The first-order valence-electron chi connectivity index (χ1n) is 9.15. The lowest BCUT2D eigenvalue weighted by molar-refractivity contribution is -0.150. The molecule has 142 valence electrons. The molecule has 28 heavy (non-hydrogen) atoms. The third kappa shape index (κ3) is 2.56. The van der Waals surface area contributed by atoms with Gasteiger partial charge in [-0.1, -0.05) is 35.5 Å². The van der Waals surface area contributed by atoms with E-state index in [-0.39, 0.29) is 30.3 Å². The van der Waals surface area contributed by atoms with Crippen LogP contribution in [0.15, 0.2) is 53.2 Å².